The molecule has 0 radical (unpaired) electrons. The Morgan fingerprint density at radius 3 is 2.88 bits per heavy atom. The van der Waals surface area contributed by atoms with Crippen molar-refractivity contribution in [3.63, 3.8) is 0 Å². The van der Waals surface area contributed by atoms with Gasteiger partial charge in [0, 0.05) is 17.3 Å². The Morgan fingerprint density at radius 2 is 2.12 bits per heavy atom. The van der Waals surface area contributed by atoms with Crippen molar-refractivity contribution in [2.45, 2.75) is 25.3 Å². The van der Waals surface area contributed by atoms with Crippen LogP contribution in [0, 0.1) is 0 Å². The van der Waals surface area contributed by atoms with Crippen LogP contribution in [0.2, 0.25) is 0 Å². The van der Waals surface area contributed by atoms with Crippen molar-refractivity contribution in [2.75, 3.05) is 7.05 Å². The summed E-state index contributed by atoms with van der Waals surface area (Å²) in [4.78, 5) is 0. The van der Waals surface area contributed by atoms with Crippen LogP contribution >= 0.6 is 0 Å². The summed E-state index contributed by atoms with van der Waals surface area (Å²) in [7, 11) is 2.03. The summed E-state index contributed by atoms with van der Waals surface area (Å²) in [5, 5.41) is 7.91. The van der Waals surface area contributed by atoms with Gasteiger partial charge in [-0.2, -0.15) is 5.10 Å². The van der Waals surface area contributed by atoms with E-state index in [4.69, 9.17) is 0 Å². The predicted molar refractivity (Wildman–Crippen MR) is 68.3 cm³/mol. The summed E-state index contributed by atoms with van der Waals surface area (Å²) in [6.07, 6.45) is 5.59. The van der Waals surface area contributed by atoms with Crippen molar-refractivity contribution in [1.82, 2.24) is 15.1 Å². The van der Waals surface area contributed by atoms with Crippen LogP contribution in [0.15, 0.2) is 36.5 Å². The molecule has 1 aromatic carbocycles. The first-order valence-electron chi connectivity index (χ1n) is 6.19. The van der Waals surface area contributed by atoms with Gasteiger partial charge in [0.15, 0.2) is 0 Å². The van der Waals surface area contributed by atoms with Gasteiger partial charge >= 0.3 is 0 Å². The summed E-state index contributed by atoms with van der Waals surface area (Å²) in [5.41, 5.74) is 3.88. The number of hydrogen-bond donors (Lipinski definition) is 1. The Bertz CT molecular complexity index is 501. The fourth-order valence-corrected chi connectivity index (χ4v) is 2.65. The van der Waals surface area contributed by atoms with Gasteiger partial charge in [0.25, 0.3) is 0 Å². The van der Waals surface area contributed by atoms with Gasteiger partial charge in [-0.15, -0.1) is 0 Å². The van der Waals surface area contributed by atoms with Gasteiger partial charge in [0.05, 0.1) is 11.9 Å². The quantitative estimate of drug-likeness (QED) is 0.854. The first-order valence-corrected chi connectivity index (χ1v) is 6.19. The van der Waals surface area contributed by atoms with Crippen LogP contribution in [0.5, 0.6) is 0 Å². The third-order valence-corrected chi connectivity index (χ3v) is 3.53. The monoisotopic (exact) mass is 227 g/mol. The van der Waals surface area contributed by atoms with Crippen LogP contribution in [0.25, 0.3) is 5.69 Å². The molecule has 0 amide bonds. The van der Waals surface area contributed by atoms with Crippen LogP contribution in [-0.4, -0.2) is 16.8 Å². The SMILES string of the molecule is CNC1CCCc2c1cnn2-c1ccccc1. The zero-order chi connectivity index (χ0) is 11.7. The molecule has 2 aromatic rings. The topological polar surface area (TPSA) is 29.9 Å². The van der Waals surface area contributed by atoms with Crippen molar-refractivity contribution in [3.8, 4) is 5.69 Å². The van der Waals surface area contributed by atoms with E-state index < -0.39 is 0 Å². The third kappa shape index (κ3) is 1.76. The Hall–Kier alpha value is -1.61. The molecule has 0 spiro atoms. The van der Waals surface area contributed by atoms with Gasteiger partial charge in [-0.3, -0.25) is 0 Å². The Morgan fingerprint density at radius 1 is 1.29 bits per heavy atom. The van der Waals surface area contributed by atoms with Gasteiger partial charge in [-0.05, 0) is 38.4 Å². The molecule has 0 bridgehead atoms. The molecule has 1 heterocycles. The second-order valence-electron chi connectivity index (χ2n) is 4.53. The van der Waals surface area contributed by atoms with E-state index in [9.17, 15) is 0 Å². The zero-order valence-electron chi connectivity index (χ0n) is 10.1. The average molecular weight is 227 g/mol. The lowest BCUT2D eigenvalue weighted by molar-refractivity contribution is 0.490. The predicted octanol–water partition coefficient (Wildman–Crippen LogP) is 2.47. The van der Waals surface area contributed by atoms with Crippen molar-refractivity contribution in [1.29, 1.82) is 0 Å². The first kappa shape index (κ1) is 10.5. The Labute approximate surface area is 101 Å². The number of para-hydroxylation sites is 1. The fraction of sp³-hybridized carbons (Fsp3) is 0.357. The Kier molecular flexibility index (Phi) is 2.69. The van der Waals surface area contributed by atoms with Gasteiger partial charge in [0.1, 0.15) is 0 Å². The van der Waals surface area contributed by atoms with Crippen molar-refractivity contribution >= 4 is 0 Å². The number of nitrogens with zero attached hydrogens (tertiary/aromatic N) is 2. The summed E-state index contributed by atoms with van der Waals surface area (Å²) >= 11 is 0. The lowest BCUT2D eigenvalue weighted by Gasteiger charge is -2.22. The molecule has 0 saturated carbocycles. The van der Waals surface area contributed by atoms with E-state index in [1.165, 1.54) is 24.1 Å². The number of aromatic nitrogens is 2. The summed E-state index contributed by atoms with van der Waals surface area (Å²) in [5.74, 6) is 0. The lowest BCUT2D eigenvalue weighted by atomic mass is 9.93. The molecule has 17 heavy (non-hydrogen) atoms. The molecule has 3 nitrogen and oxygen atoms in total. The van der Waals surface area contributed by atoms with Gasteiger partial charge in [-0.1, -0.05) is 18.2 Å². The van der Waals surface area contributed by atoms with Crippen molar-refractivity contribution in [3.05, 3.63) is 47.8 Å². The minimum absolute atomic E-state index is 0.469. The number of rotatable bonds is 2. The van der Waals surface area contributed by atoms with E-state index in [2.05, 4.69) is 39.4 Å². The van der Waals surface area contributed by atoms with Crippen molar-refractivity contribution < 1.29 is 0 Å². The number of fused-ring (bicyclic) bond motifs is 1. The van der Waals surface area contributed by atoms with Gasteiger partial charge in [-0.25, -0.2) is 4.68 Å². The smallest absolute Gasteiger partial charge is 0.0648 e. The second kappa shape index (κ2) is 4.34. The van der Waals surface area contributed by atoms with Crippen LogP contribution < -0.4 is 5.32 Å². The number of nitrogens with one attached hydrogen (secondary N) is 1. The minimum atomic E-state index is 0.469. The van der Waals surface area contributed by atoms with E-state index in [1.807, 2.05) is 19.3 Å². The highest BCUT2D eigenvalue weighted by atomic mass is 15.3. The molecule has 0 fully saturated rings. The maximum absolute atomic E-state index is 4.54. The number of hydrogen-bond acceptors (Lipinski definition) is 2. The van der Waals surface area contributed by atoms with E-state index >= 15 is 0 Å². The molecule has 0 saturated heterocycles. The summed E-state index contributed by atoms with van der Waals surface area (Å²) in [6, 6.07) is 10.8. The molecular formula is C14H17N3. The van der Waals surface area contributed by atoms with Crippen molar-refractivity contribution in [2.24, 2.45) is 0 Å². The normalized spacial score (nSPS) is 19.0. The fourth-order valence-electron chi connectivity index (χ4n) is 2.65. The summed E-state index contributed by atoms with van der Waals surface area (Å²) in [6.45, 7) is 0. The van der Waals surface area contributed by atoms with E-state index in [-0.39, 0.29) is 0 Å². The molecule has 1 unspecified atom stereocenters. The molecule has 3 rings (SSSR count). The maximum atomic E-state index is 4.54. The van der Waals surface area contributed by atoms with E-state index in [0.29, 0.717) is 6.04 Å². The zero-order valence-corrected chi connectivity index (χ0v) is 10.1. The first-order chi connectivity index (χ1) is 8.40. The summed E-state index contributed by atoms with van der Waals surface area (Å²) < 4.78 is 2.08. The highest BCUT2D eigenvalue weighted by Gasteiger charge is 2.23. The molecule has 3 heteroatoms. The Balaban J connectivity index is 2.06. The highest BCUT2D eigenvalue weighted by molar-refractivity contribution is 5.36. The van der Waals surface area contributed by atoms with Gasteiger partial charge in [0.2, 0.25) is 0 Å². The molecule has 1 atom stereocenters. The van der Waals surface area contributed by atoms with Gasteiger partial charge < -0.3 is 5.32 Å². The molecule has 0 aliphatic heterocycles. The number of benzene rings is 1. The molecule has 88 valence electrons. The minimum Gasteiger partial charge on any atom is -0.313 e. The molecule has 1 aliphatic carbocycles. The van der Waals surface area contributed by atoms with Crippen LogP contribution in [0.3, 0.4) is 0 Å². The maximum Gasteiger partial charge on any atom is 0.0648 e. The van der Waals surface area contributed by atoms with Crippen LogP contribution in [0.1, 0.15) is 30.1 Å². The molecule has 1 N–H and O–H groups in total. The lowest BCUT2D eigenvalue weighted by Crippen LogP contribution is -2.21. The highest BCUT2D eigenvalue weighted by Crippen LogP contribution is 2.30. The molecular weight excluding hydrogens is 210 g/mol. The van der Waals surface area contributed by atoms with Crippen LogP contribution in [-0.2, 0) is 6.42 Å². The average Bonchev–Trinajstić information content (AvgIpc) is 2.83. The molecule has 1 aliphatic rings. The molecule has 1 aromatic heterocycles. The third-order valence-electron chi connectivity index (χ3n) is 3.53. The second-order valence-corrected chi connectivity index (χ2v) is 4.53. The largest absolute Gasteiger partial charge is 0.313 e. The standard InChI is InChI=1S/C14H17N3/c1-15-13-8-5-9-14-12(13)10-16-17(14)11-6-3-2-4-7-11/h2-4,6-7,10,13,15H,5,8-9H2,1H3. The van der Waals surface area contributed by atoms with Crippen LogP contribution in [0.4, 0.5) is 0 Å². The van der Waals surface area contributed by atoms with E-state index in [1.54, 1.807) is 0 Å². The van der Waals surface area contributed by atoms with E-state index in [0.717, 1.165) is 12.1 Å².